The molecule has 2 N–H and O–H groups in total. The van der Waals surface area contributed by atoms with E-state index in [1.165, 1.54) is 0 Å². The minimum Gasteiger partial charge on any atom is -0.259 e. The lowest BCUT2D eigenvalue weighted by Gasteiger charge is -2.07. The van der Waals surface area contributed by atoms with Crippen LogP contribution in [0.25, 0.3) is 10.8 Å². The molecule has 2 aromatic rings. The lowest BCUT2D eigenvalue weighted by molar-refractivity contribution is 1.03. The minimum atomic E-state index is 0.602. The van der Waals surface area contributed by atoms with E-state index in [4.69, 9.17) is 0 Å². The maximum Gasteiger partial charge on any atom is 0.176 e. The monoisotopic (exact) mass is 322 g/mol. The Bertz CT molecular complexity index is 749. The van der Waals surface area contributed by atoms with Crippen LogP contribution >= 0.6 is 0 Å². The van der Waals surface area contributed by atoms with Crippen molar-refractivity contribution in [3.63, 3.8) is 0 Å². The van der Waals surface area contributed by atoms with Crippen LogP contribution in [0.15, 0.2) is 57.8 Å². The standard InChI is InChI=1S/C18H22N6/c1-5-13(3)11-19-21-17-15-9-7-8-10-16(15)18(24-23-17)22-20-12-14(4)6-2/h5-12H,1-4H3,(H,21,23)(H,22,24)/b13-5-,14-6+,19-11+,20-12+. The fraction of sp³-hybridized carbons (Fsp3) is 0.222. The summed E-state index contributed by atoms with van der Waals surface area (Å²) in [6, 6.07) is 7.84. The van der Waals surface area contributed by atoms with Crippen LogP contribution in [0.2, 0.25) is 0 Å². The van der Waals surface area contributed by atoms with Crippen LogP contribution in [-0.2, 0) is 0 Å². The summed E-state index contributed by atoms with van der Waals surface area (Å²) < 4.78 is 0. The Morgan fingerprint density at radius 3 is 1.62 bits per heavy atom. The van der Waals surface area contributed by atoms with Gasteiger partial charge in [0.2, 0.25) is 0 Å². The zero-order chi connectivity index (χ0) is 17.4. The minimum absolute atomic E-state index is 0.602. The lowest BCUT2D eigenvalue weighted by Crippen LogP contribution is -2.01. The van der Waals surface area contributed by atoms with Gasteiger partial charge in [0, 0.05) is 23.2 Å². The molecule has 0 saturated heterocycles. The van der Waals surface area contributed by atoms with E-state index in [1.807, 2.05) is 64.1 Å². The summed E-state index contributed by atoms with van der Waals surface area (Å²) in [7, 11) is 0. The van der Waals surface area contributed by atoms with Gasteiger partial charge in [0.1, 0.15) is 0 Å². The van der Waals surface area contributed by atoms with Gasteiger partial charge in [-0.05, 0) is 38.8 Å². The third-order valence-corrected chi connectivity index (χ3v) is 3.48. The third kappa shape index (κ3) is 4.49. The Kier molecular flexibility index (Phi) is 6.19. The highest BCUT2D eigenvalue weighted by Crippen LogP contribution is 2.25. The van der Waals surface area contributed by atoms with Crippen LogP contribution in [-0.4, -0.2) is 22.6 Å². The summed E-state index contributed by atoms with van der Waals surface area (Å²) in [5.41, 5.74) is 8.01. The van der Waals surface area contributed by atoms with Gasteiger partial charge in [-0.3, -0.25) is 10.9 Å². The van der Waals surface area contributed by atoms with Crippen LogP contribution in [0.3, 0.4) is 0 Å². The van der Waals surface area contributed by atoms with Crippen molar-refractivity contribution in [3.05, 3.63) is 47.6 Å². The molecule has 0 amide bonds. The van der Waals surface area contributed by atoms with Crippen molar-refractivity contribution in [2.24, 2.45) is 10.2 Å². The first kappa shape index (κ1) is 17.3. The molecule has 1 heterocycles. The van der Waals surface area contributed by atoms with E-state index in [2.05, 4.69) is 31.3 Å². The molecule has 124 valence electrons. The molecule has 0 unspecified atom stereocenters. The number of hydrogen-bond donors (Lipinski definition) is 2. The topological polar surface area (TPSA) is 74.6 Å². The molecule has 0 saturated carbocycles. The first-order valence-electron chi connectivity index (χ1n) is 7.75. The summed E-state index contributed by atoms with van der Waals surface area (Å²) in [6.07, 6.45) is 7.44. The number of nitrogens with zero attached hydrogens (tertiary/aromatic N) is 4. The highest BCUT2D eigenvalue weighted by molar-refractivity contribution is 5.98. The second-order valence-electron chi connectivity index (χ2n) is 5.25. The predicted molar refractivity (Wildman–Crippen MR) is 103 cm³/mol. The Hall–Kier alpha value is -3.02. The highest BCUT2D eigenvalue weighted by atomic mass is 15.4. The molecule has 0 radical (unpaired) electrons. The second-order valence-corrected chi connectivity index (χ2v) is 5.25. The van der Waals surface area contributed by atoms with Gasteiger partial charge >= 0.3 is 0 Å². The summed E-state index contributed by atoms with van der Waals surface area (Å²) in [4.78, 5) is 0. The fourth-order valence-electron chi connectivity index (χ4n) is 1.81. The molecule has 0 aliphatic carbocycles. The number of fused-ring (bicyclic) bond motifs is 1. The number of hydrogen-bond acceptors (Lipinski definition) is 6. The van der Waals surface area contributed by atoms with E-state index in [0.29, 0.717) is 11.6 Å². The number of hydrazone groups is 2. The van der Waals surface area contributed by atoms with Crippen molar-refractivity contribution in [1.82, 2.24) is 10.2 Å². The second kappa shape index (κ2) is 8.57. The maximum atomic E-state index is 4.20. The van der Waals surface area contributed by atoms with Crippen LogP contribution in [0, 0.1) is 0 Å². The number of anilines is 2. The number of benzene rings is 1. The predicted octanol–water partition coefficient (Wildman–Crippen LogP) is 4.36. The molecule has 0 aliphatic rings. The van der Waals surface area contributed by atoms with Gasteiger partial charge in [-0.2, -0.15) is 10.2 Å². The zero-order valence-corrected chi connectivity index (χ0v) is 14.4. The van der Waals surface area contributed by atoms with Crippen molar-refractivity contribution >= 4 is 34.8 Å². The molecule has 0 aliphatic heterocycles. The molecule has 0 fully saturated rings. The Balaban J connectivity index is 2.29. The number of allylic oxidation sites excluding steroid dienone is 4. The Morgan fingerprint density at radius 1 is 0.833 bits per heavy atom. The van der Waals surface area contributed by atoms with Crippen molar-refractivity contribution in [3.8, 4) is 0 Å². The van der Waals surface area contributed by atoms with Crippen molar-refractivity contribution in [1.29, 1.82) is 0 Å². The zero-order valence-electron chi connectivity index (χ0n) is 14.4. The molecule has 0 atom stereocenters. The Labute approximate surface area is 142 Å². The van der Waals surface area contributed by atoms with E-state index in [1.54, 1.807) is 12.4 Å². The first-order valence-corrected chi connectivity index (χ1v) is 7.75. The van der Waals surface area contributed by atoms with Crippen LogP contribution in [0.4, 0.5) is 11.6 Å². The van der Waals surface area contributed by atoms with Crippen LogP contribution in [0.5, 0.6) is 0 Å². The van der Waals surface area contributed by atoms with Gasteiger partial charge in [0.15, 0.2) is 11.6 Å². The molecular formula is C18H22N6. The van der Waals surface area contributed by atoms with Crippen molar-refractivity contribution in [2.45, 2.75) is 27.7 Å². The number of rotatable bonds is 6. The van der Waals surface area contributed by atoms with E-state index in [0.717, 1.165) is 21.9 Å². The molecule has 0 spiro atoms. The average molecular weight is 322 g/mol. The maximum absolute atomic E-state index is 4.20. The normalized spacial score (nSPS) is 13.2. The summed E-state index contributed by atoms with van der Waals surface area (Å²) in [5.74, 6) is 1.20. The van der Waals surface area contributed by atoms with Gasteiger partial charge in [0.05, 0.1) is 0 Å². The van der Waals surface area contributed by atoms with E-state index in [-0.39, 0.29) is 0 Å². The first-order chi connectivity index (χ1) is 11.7. The average Bonchev–Trinajstić information content (AvgIpc) is 2.62. The quantitative estimate of drug-likeness (QED) is 0.612. The van der Waals surface area contributed by atoms with Crippen LogP contribution in [0.1, 0.15) is 27.7 Å². The molecule has 6 heteroatoms. The molecule has 1 aromatic heterocycles. The molecule has 2 rings (SSSR count). The fourth-order valence-corrected chi connectivity index (χ4v) is 1.81. The summed E-state index contributed by atoms with van der Waals surface area (Å²) in [5, 5.41) is 18.6. The smallest absolute Gasteiger partial charge is 0.176 e. The lowest BCUT2D eigenvalue weighted by atomic mass is 10.2. The molecule has 1 aromatic carbocycles. The van der Waals surface area contributed by atoms with Crippen LogP contribution < -0.4 is 10.9 Å². The van der Waals surface area contributed by atoms with Gasteiger partial charge < -0.3 is 0 Å². The summed E-state index contributed by atoms with van der Waals surface area (Å²) in [6.45, 7) is 7.89. The van der Waals surface area contributed by atoms with Crippen molar-refractivity contribution in [2.75, 3.05) is 10.9 Å². The van der Waals surface area contributed by atoms with Crippen molar-refractivity contribution < 1.29 is 0 Å². The van der Waals surface area contributed by atoms with Gasteiger partial charge in [-0.15, -0.1) is 10.2 Å². The molecule has 24 heavy (non-hydrogen) atoms. The molecular weight excluding hydrogens is 300 g/mol. The number of nitrogens with one attached hydrogen (secondary N) is 2. The van der Waals surface area contributed by atoms with E-state index >= 15 is 0 Å². The van der Waals surface area contributed by atoms with Gasteiger partial charge in [-0.25, -0.2) is 0 Å². The SMILES string of the molecule is C/C=C(C)\C=N\Nc1nnc(N/N=C/C(C)=C/C)c2ccccc12. The number of aromatic nitrogens is 2. The largest absolute Gasteiger partial charge is 0.259 e. The molecule has 0 bridgehead atoms. The van der Waals surface area contributed by atoms with E-state index < -0.39 is 0 Å². The summed E-state index contributed by atoms with van der Waals surface area (Å²) >= 11 is 0. The van der Waals surface area contributed by atoms with E-state index in [9.17, 15) is 0 Å². The third-order valence-electron chi connectivity index (χ3n) is 3.48. The van der Waals surface area contributed by atoms with Gasteiger partial charge in [-0.1, -0.05) is 36.4 Å². The Morgan fingerprint density at radius 2 is 1.25 bits per heavy atom. The molecule has 6 nitrogen and oxygen atoms in total. The van der Waals surface area contributed by atoms with Gasteiger partial charge in [0.25, 0.3) is 0 Å². The highest BCUT2D eigenvalue weighted by Gasteiger charge is 2.07.